The molecule has 0 fully saturated rings. The van der Waals surface area contributed by atoms with Crippen LogP contribution in [0.3, 0.4) is 0 Å². The molecule has 33 heavy (non-hydrogen) atoms. The molecule has 6 rings (SSSR count). The second-order valence-corrected chi connectivity index (χ2v) is 10.5. The number of nitrogens with zero attached hydrogens (tertiary/aromatic N) is 2. The number of aromatic nitrogens is 1. The minimum Gasteiger partial charge on any atom is -0.284 e. The van der Waals surface area contributed by atoms with Crippen molar-refractivity contribution in [2.24, 2.45) is 4.99 Å². The first-order valence-electron chi connectivity index (χ1n) is 10.8. The second-order valence-electron chi connectivity index (χ2n) is 7.83. The van der Waals surface area contributed by atoms with E-state index in [4.69, 9.17) is 0 Å². The Bertz CT molecular complexity index is 1380. The van der Waals surface area contributed by atoms with Gasteiger partial charge in [-0.2, -0.15) is 0 Å². The number of benzene rings is 2. The van der Waals surface area contributed by atoms with E-state index in [2.05, 4.69) is 90.6 Å². The van der Waals surface area contributed by atoms with Gasteiger partial charge in [-0.05, 0) is 32.0 Å². The van der Waals surface area contributed by atoms with Crippen LogP contribution in [0.2, 0.25) is 0 Å². The predicted molar refractivity (Wildman–Crippen MR) is 146 cm³/mol. The molecular formula is C29H28N2S2. The molecule has 1 aliphatic rings. The van der Waals surface area contributed by atoms with E-state index in [0.29, 0.717) is 0 Å². The molecule has 1 aliphatic heterocycles. The maximum atomic E-state index is 4.68. The van der Waals surface area contributed by atoms with Crippen molar-refractivity contribution in [3.63, 3.8) is 0 Å². The highest BCUT2D eigenvalue weighted by molar-refractivity contribution is 7.19. The van der Waals surface area contributed by atoms with Crippen LogP contribution in [0.4, 0.5) is 0 Å². The van der Waals surface area contributed by atoms with Crippen LogP contribution in [0.25, 0.3) is 21.3 Å². The van der Waals surface area contributed by atoms with Crippen LogP contribution in [0.5, 0.6) is 0 Å². The molecule has 4 heteroatoms. The number of pyridine rings is 1. The van der Waals surface area contributed by atoms with Gasteiger partial charge in [0.25, 0.3) is 0 Å². The summed E-state index contributed by atoms with van der Waals surface area (Å²) in [6, 6.07) is 27.4. The monoisotopic (exact) mass is 468 g/mol. The Morgan fingerprint density at radius 3 is 2.15 bits per heavy atom. The Morgan fingerprint density at radius 1 is 0.758 bits per heavy atom. The van der Waals surface area contributed by atoms with Crippen molar-refractivity contribution in [2.75, 3.05) is 6.54 Å². The van der Waals surface area contributed by atoms with Crippen LogP contribution in [-0.4, -0.2) is 17.2 Å². The summed E-state index contributed by atoms with van der Waals surface area (Å²) in [6.07, 6.45) is 2.99. The van der Waals surface area contributed by atoms with Gasteiger partial charge in [-0.25, -0.2) is 0 Å². The molecule has 0 amide bonds. The normalized spacial score (nSPS) is 12.2. The summed E-state index contributed by atoms with van der Waals surface area (Å²) in [7, 11) is 0. The molecular weight excluding hydrogens is 440 g/mol. The molecule has 0 unspecified atom stereocenters. The van der Waals surface area contributed by atoms with E-state index in [9.17, 15) is 0 Å². The zero-order valence-corrected chi connectivity index (χ0v) is 19.8. The smallest absolute Gasteiger partial charge is 0.0788 e. The highest BCUT2D eigenvalue weighted by Gasteiger charge is 2.17. The first kappa shape index (κ1) is 23.1. The fourth-order valence-electron chi connectivity index (χ4n) is 4.06. The molecule has 2 aromatic carbocycles. The minimum absolute atomic E-state index is 0. The van der Waals surface area contributed by atoms with E-state index in [0.717, 1.165) is 18.7 Å². The van der Waals surface area contributed by atoms with E-state index in [1.54, 1.807) is 0 Å². The third-order valence-electron chi connectivity index (χ3n) is 5.46. The van der Waals surface area contributed by atoms with Gasteiger partial charge in [-0.1, -0.05) is 68.1 Å². The number of hydrogen-bond acceptors (Lipinski definition) is 4. The lowest BCUT2D eigenvalue weighted by molar-refractivity contribution is 0.965. The number of fused-ring (bicyclic) bond motifs is 2. The molecule has 0 atom stereocenters. The van der Waals surface area contributed by atoms with Crippen molar-refractivity contribution in [3.05, 3.63) is 111 Å². The number of hydrogen-bond donors (Lipinski definition) is 0. The van der Waals surface area contributed by atoms with Crippen molar-refractivity contribution < 1.29 is 0 Å². The standard InChI is InChI=1S/C14H13NS.C14H11NS.CH4/c2*1-10-9-12-13(16-10)7-8-15-14(12)11-5-3-2-4-6-11;/h2-6,9H,7-8H2,1H3;2-9H,1H3;1H4. The van der Waals surface area contributed by atoms with Gasteiger partial charge < -0.3 is 0 Å². The Labute approximate surface area is 204 Å². The largest absolute Gasteiger partial charge is 0.284 e. The topological polar surface area (TPSA) is 25.2 Å². The lowest BCUT2D eigenvalue weighted by atomic mass is 9.99. The second kappa shape index (κ2) is 10.2. The van der Waals surface area contributed by atoms with Gasteiger partial charge in [0.05, 0.1) is 11.4 Å². The predicted octanol–water partition coefficient (Wildman–Crippen LogP) is 8.36. The zero-order valence-electron chi connectivity index (χ0n) is 18.2. The average molecular weight is 469 g/mol. The fraction of sp³-hybridized carbons (Fsp3) is 0.172. The molecule has 0 radical (unpaired) electrons. The molecule has 0 saturated carbocycles. The van der Waals surface area contributed by atoms with E-state index in [-0.39, 0.29) is 7.43 Å². The molecule has 0 bridgehead atoms. The third-order valence-corrected chi connectivity index (χ3v) is 7.59. The van der Waals surface area contributed by atoms with E-state index in [1.165, 1.54) is 47.1 Å². The molecule has 0 N–H and O–H groups in total. The zero-order chi connectivity index (χ0) is 21.9. The number of aliphatic imine (C=N–C) groups is 1. The Morgan fingerprint density at radius 2 is 1.42 bits per heavy atom. The van der Waals surface area contributed by atoms with Gasteiger partial charge in [0.2, 0.25) is 0 Å². The van der Waals surface area contributed by atoms with Crippen molar-refractivity contribution in [1.82, 2.24) is 4.98 Å². The molecule has 4 heterocycles. The van der Waals surface area contributed by atoms with Crippen LogP contribution in [0, 0.1) is 13.8 Å². The molecule has 2 nitrogen and oxygen atoms in total. The van der Waals surface area contributed by atoms with Crippen molar-refractivity contribution in [1.29, 1.82) is 0 Å². The summed E-state index contributed by atoms with van der Waals surface area (Å²) < 4.78 is 1.31. The first-order valence-corrected chi connectivity index (χ1v) is 12.4. The molecule has 0 aliphatic carbocycles. The van der Waals surface area contributed by atoms with E-state index < -0.39 is 0 Å². The van der Waals surface area contributed by atoms with Gasteiger partial charge in [-0.15, -0.1) is 22.7 Å². The fourth-order valence-corrected chi connectivity index (χ4v) is 6.00. The quantitative estimate of drug-likeness (QED) is 0.255. The number of thiophene rings is 2. The van der Waals surface area contributed by atoms with Crippen LogP contribution < -0.4 is 0 Å². The lowest BCUT2D eigenvalue weighted by Crippen LogP contribution is -2.11. The summed E-state index contributed by atoms with van der Waals surface area (Å²) in [5.74, 6) is 0. The lowest BCUT2D eigenvalue weighted by Gasteiger charge is -2.12. The molecule has 166 valence electrons. The Hall–Kier alpha value is -3.08. The number of aryl methyl sites for hydroxylation is 2. The van der Waals surface area contributed by atoms with Gasteiger partial charge in [-0.3, -0.25) is 9.98 Å². The summed E-state index contributed by atoms with van der Waals surface area (Å²) in [6.45, 7) is 5.24. The van der Waals surface area contributed by atoms with Crippen LogP contribution >= 0.6 is 22.7 Å². The average Bonchev–Trinajstić information content (AvgIpc) is 3.41. The van der Waals surface area contributed by atoms with Gasteiger partial charge >= 0.3 is 0 Å². The van der Waals surface area contributed by atoms with Crippen LogP contribution in [0.15, 0.2) is 90.1 Å². The maximum Gasteiger partial charge on any atom is 0.0788 e. The van der Waals surface area contributed by atoms with Gasteiger partial charge in [0.1, 0.15) is 0 Å². The molecule has 0 saturated heterocycles. The van der Waals surface area contributed by atoms with Crippen molar-refractivity contribution in [3.8, 4) is 11.3 Å². The van der Waals surface area contributed by atoms with Crippen LogP contribution in [-0.2, 0) is 6.42 Å². The maximum absolute atomic E-state index is 4.68. The third kappa shape index (κ3) is 4.97. The van der Waals surface area contributed by atoms with Crippen molar-refractivity contribution >= 4 is 38.5 Å². The van der Waals surface area contributed by atoms with Crippen molar-refractivity contribution in [2.45, 2.75) is 27.7 Å². The summed E-state index contributed by atoms with van der Waals surface area (Å²) in [5, 5.41) is 1.26. The minimum atomic E-state index is 0. The molecule has 0 spiro atoms. The molecule has 3 aromatic heterocycles. The summed E-state index contributed by atoms with van der Waals surface area (Å²) in [4.78, 5) is 13.4. The summed E-state index contributed by atoms with van der Waals surface area (Å²) >= 11 is 3.73. The first-order chi connectivity index (χ1) is 15.7. The number of rotatable bonds is 2. The Kier molecular flexibility index (Phi) is 7.17. The van der Waals surface area contributed by atoms with E-state index >= 15 is 0 Å². The Balaban J connectivity index is 0.000000152. The summed E-state index contributed by atoms with van der Waals surface area (Å²) in [5.41, 5.74) is 6.03. The van der Waals surface area contributed by atoms with Gasteiger partial charge in [0, 0.05) is 60.6 Å². The highest BCUT2D eigenvalue weighted by atomic mass is 32.1. The van der Waals surface area contributed by atoms with Gasteiger partial charge in [0.15, 0.2) is 0 Å². The van der Waals surface area contributed by atoms with E-state index in [1.807, 2.05) is 41.0 Å². The highest BCUT2D eigenvalue weighted by Crippen LogP contribution is 2.32. The SMILES string of the molecule is C.Cc1cc2c(-c3ccccc3)nccc2s1.Cc1cc2c(s1)CCN=C2c1ccccc1. The molecule has 5 aromatic rings. The van der Waals surface area contributed by atoms with Crippen LogP contribution in [0.1, 0.15) is 33.2 Å².